The number of benzene rings is 1. The molecule has 1 saturated carbocycles. The number of nitrogens with one attached hydrogen (secondary N) is 1. The van der Waals surface area contributed by atoms with Crippen molar-refractivity contribution in [1.82, 2.24) is 5.32 Å². The molecule has 2 aliphatic rings. The van der Waals surface area contributed by atoms with Crippen LogP contribution in [0.2, 0.25) is 0 Å². The van der Waals surface area contributed by atoms with Crippen LogP contribution in [0.1, 0.15) is 37.3 Å². The van der Waals surface area contributed by atoms with Crippen LogP contribution in [0.4, 0.5) is 0 Å². The summed E-state index contributed by atoms with van der Waals surface area (Å²) in [4.78, 5) is 12.4. The number of rotatable bonds is 4. The summed E-state index contributed by atoms with van der Waals surface area (Å²) in [6.45, 7) is 1.43. The molecule has 1 aromatic rings. The normalized spacial score (nSPS) is 24.7. The van der Waals surface area contributed by atoms with Crippen molar-refractivity contribution >= 4 is 5.91 Å². The fourth-order valence-corrected chi connectivity index (χ4v) is 3.31. The van der Waals surface area contributed by atoms with E-state index in [2.05, 4.69) is 17.4 Å². The van der Waals surface area contributed by atoms with E-state index in [4.69, 9.17) is 9.47 Å². The summed E-state index contributed by atoms with van der Waals surface area (Å²) in [5.74, 6) is 0.483. The van der Waals surface area contributed by atoms with Gasteiger partial charge in [0.2, 0.25) is 0 Å². The lowest BCUT2D eigenvalue weighted by Crippen LogP contribution is -2.45. The average Bonchev–Trinajstić information content (AvgIpc) is 3.08. The lowest BCUT2D eigenvalue weighted by molar-refractivity contribution is -0.148. The van der Waals surface area contributed by atoms with Crippen molar-refractivity contribution in [3.8, 4) is 0 Å². The number of amides is 1. The summed E-state index contributed by atoms with van der Waals surface area (Å²) in [5, 5.41) is 3.20. The topological polar surface area (TPSA) is 47.6 Å². The Morgan fingerprint density at radius 1 is 1.14 bits per heavy atom. The highest BCUT2D eigenvalue weighted by atomic mass is 16.6. The Hall–Kier alpha value is -1.39. The molecule has 1 aliphatic carbocycles. The highest BCUT2D eigenvalue weighted by Gasteiger charge is 2.31. The Kier molecular flexibility index (Phi) is 4.88. The minimum absolute atomic E-state index is 0.0459. The van der Waals surface area contributed by atoms with E-state index in [0.29, 0.717) is 25.7 Å². The van der Waals surface area contributed by atoms with Gasteiger partial charge in [0.1, 0.15) is 0 Å². The zero-order chi connectivity index (χ0) is 14.5. The predicted molar refractivity (Wildman–Crippen MR) is 79.8 cm³/mol. The van der Waals surface area contributed by atoms with Crippen LogP contribution in [0.5, 0.6) is 0 Å². The van der Waals surface area contributed by atoms with Crippen molar-refractivity contribution in [3.05, 3.63) is 35.9 Å². The van der Waals surface area contributed by atoms with E-state index in [1.165, 1.54) is 31.2 Å². The van der Waals surface area contributed by atoms with Crippen molar-refractivity contribution in [2.45, 2.75) is 37.8 Å². The average molecular weight is 289 g/mol. The van der Waals surface area contributed by atoms with Gasteiger partial charge in [-0.25, -0.2) is 0 Å². The van der Waals surface area contributed by atoms with Crippen LogP contribution < -0.4 is 5.32 Å². The van der Waals surface area contributed by atoms with Crippen molar-refractivity contribution < 1.29 is 14.3 Å². The molecule has 1 N–H and O–H groups in total. The molecular formula is C17H23NO3. The zero-order valence-electron chi connectivity index (χ0n) is 12.3. The maximum absolute atomic E-state index is 12.4. The number of carbonyl (C=O) groups excluding carboxylic acids is 1. The molecule has 0 spiro atoms. The van der Waals surface area contributed by atoms with Gasteiger partial charge in [-0.3, -0.25) is 4.79 Å². The van der Waals surface area contributed by atoms with E-state index < -0.39 is 6.10 Å². The molecule has 0 unspecified atom stereocenters. The zero-order valence-corrected chi connectivity index (χ0v) is 12.3. The van der Waals surface area contributed by atoms with Crippen molar-refractivity contribution in [3.63, 3.8) is 0 Å². The third-order valence-corrected chi connectivity index (χ3v) is 4.44. The van der Waals surface area contributed by atoms with Gasteiger partial charge in [0.25, 0.3) is 5.91 Å². The van der Waals surface area contributed by atoms with Gasteiger partial charge in [0, 0.05) is 0 Å². The molecule has 0 bridgehead atoms. The third kappa shape index (κ3) is 3.63. The maximum Gasteiger partial charge on any atom is 0.252 e. The number of carbonyl (C=O) groups is 1. The van der Waals surface area contributed by atoms with Gasteiger partial charge in [-0.2, -0.15) is 0 Å². The first-order chi connectivity index (χ1) is 10.3. The fourth-order valence-electron chi connectivity index (χ4n) is 3.31. The van der Waals surface area contributed by atoms with Gasteiger partial charge < -0.3 is 14.8 Å². The first kappa shape index (κ1) is 14.5. The lowest BCUT2D eigenvalue weighted by Gasteiger charge is -2.29. The third-order valence-electron chi connectivity index (χ3n) is 4.44. The molecule has 1 heterocycles. The molecule has 0 aromatic heterocycles. The minimum atomic E-state index is -0.466. The Balaban J connectivity index is 1.71. The summed E-state index contributed by atoms with van der Waals surface area (Å²) in [7, 11) is 0. The molecule has 21 heavy (non-hydrogen) atoms. The SMILES string of the molecule is O=C(N[C@@H](c1ccccc1)C1CCCC1)[C@@H]1COCCO1. The van der Waals surface area contributed by atoms with Crippen LogP contribution in [-0.2, 0) is 14.3 Å². The van der Waals surface area contributed by atoms with E-state index in [1.807, 2.05) is 18.2 Å². The molecular weight excluding hydrogens is 266 g/mol. The summed E-state index contributed by atoms with van der Waals surface area (Å²) in [6.07, 6.45) is 4.41. The molecule has 4 heteroatoms. The molecule has 1 amide bonds. The van der Waals surface area contributed by atoms with Crippen molar-refractivity contribution in [2.75, 3.05) is 19.8 Å². The van der Waals surface area contributed by atoms with Gasteiger partial charge in [-0.1, -0.05) is 43.2 Å². The number of hydrogen-bond donors (Lipinski definition) is 1. The molecule has 2 atom stereocenters. The van der Waals surface area contributed by atoms with Crippen molar-refractivity contribution in [2.24, 2.45) is 5.92 Å². The molecule has 2 fully saturated rings. The second-order valence-electron chi connectivity index (χ2n) is 5.88. The highest BCUT2D eigenvalue weighted by Crippen LogP contribution is 2.35. The predicted octanol–water partition coefficient (Wildman–Crippen LogP) is 2.45. The monoisotopic (exact) mass is 289 g/mol. The molecule has 4 nitrogen and oxygen atoms in total. The van der Waals surface area contributed by atoms with Crippen molar-refractivity contribution in [1.29, 1.82) is 0 Å². The molecule has 3 rings (SSSR count). The van der Waals surface area contributed by atoms with E-state index in [-0.39, 0.29) is 11.9 Å². The molecule has 0 radical (unpaired) electrons. The van der Waals surface area contributed by atoms with Crippen LogP contribution in [0, 0.1) is 5.92 Å². The highest BCUT2D eigenvalue weighted by molar-refractivity contribution is 5.81. The summed E-state index contributed by atoms with van der Waals surface area (Å²) in [5.41, 5.74) is 1.19. The number of ether oxygens (including phenoxy) is 2. The quantitative estimate of drug-likeness (QED) is 0.926. The molecule has 1 aliphatic heterocycles. The van der Waals surface area contributed by atoms with Crippen LogP contribution >= 0.6 is 0 Å². The Morgan fingerprint density at radius 3 is 2.57 bits per heavy atom. The van der Waals surface area contributed by atoms with Crippen LogP contribution in [0.3, 0.4) is 0 Å². The Morgan fingerprint density at radius 2 is 1.90 bits per heavy atom. The van der Waals surface area contributed by atoms with Crippen LogP contribution in [-0.4, -0.2) is 31.8 Å². The fraction of sp³-hybridized carbons (Fsp3) is 0.588. The lowest BCUT2D eigenvalue weighted by atomic mass is 9.91. The Bertz CT molecular complexity index is 450. The smallest absolute Gasteiger partial charge is 0.252 e. The van der Waals surface area contributed by atoms with Gasteiger partial charge in [-0.05, 0) is 24.3 Å². The number of hydrogen-bond acceptors (Lipinski definition) is 3. The molecule has 1 aromatic carbocycles. The maximum atomic E-state index is 12.4. The molecule has 1 saturated heterocycles. The van der Waals surface area contributed by atoms with Gasteiger partial charge in [-0.15, -0.1) is 0 Å². The first-order valence-corrected chi connectivity index (χ1v) is 7.89. The Labute approximate surface area is 125 Å². The first-order valence-electron chi connectivity index (χ1n) is 7.89. The van der Waals surface area contributed by atoms with Gasteiger partial charge >= 0.3 is 0 Å². The van der Waals surface area contributed by atoms with E-state index >= 15 is 0 Å². The second kappa shape index (κ2) is 7.05. The standard InChI is InChI=1S/C17H23NO3/c19-17(15-12-20-10-11-21-15)18-16(14-8-4-5-9-14)13-6-2-1-3-7-13/h1-3,6-7,14-16H,4-5,8-12H2,(H,18,19)/t15-,16-/m0/s1. The summed E-state index contributed by atoms with van der Waals surface area (Å²) in [6, 6.07) is 10.4. The van der Waals surface area contributed by atoms with Gasteiger partial charge in [0.05, 0.1) is 25.9 Å². The second-order valence-corrected chi connectivity index (χ2v) is 5.88. The van der Waals surface area contributed by atoms with Gasteiger partial charge in [0.15, 0.2) is 6.10 Å². The van der Waals surface area contributed by atoms with Crippen LogP contribution in [0.25, 0.3) is 0 Å². The minimum Gasteiger partial charge on any atom is -0.376 e. The summed E-state index contributed by atoms with van der Waals surface area (Å²) < 4.78 is 10.8. The van der Waals surface area contributed by atoms with Crippen LogP contribution in [0.15, 0.2) is 30.3 Å². The van der Waals surface area contributed by atoms with E-state index in [1.54, 1.807) is 0 Å². The van der Waals surface area contributed by atoms with E-state index in [0.717, 1.165) is 0 Å². The largest absolute Gasteiger partial charge is 0.376 e. The molecule has 114 valence electrons. The summed E-state index contributed by atoms with van der Waals surface area (Å²) >= 11 is 0. The van der Waals surface area contributed by atoms with E-state index in [9.17, 15) is 4.79 Å².